The summed E-state index contributed by atoms with van der Waals surface area (Å²) < 4.78 is 0. The van der Waals surface area contributed by atoms with Crippen molar-refractivity contribution in [3.05, 3.63) is 29.3 Å². The number of hydrogen-bond acceptors (Lipinski definition) is 8. The van der Waals surface area contributed by atoms with E-state index in [1.165, 1.54) is 45.6 Å². The molecule has 1 aromatic carbocycles. The van der Waals surface area contributed by atoms with Gasteiger partial charge in [0, 0.05) is 51.4 Å². The van der Waals surface area contributed by atoms with Gasteiger partial charge < -0.3 is 20.4 Å². The summed E-state index contributed by atoms with van der Waals surface area (Å²) in [4.78, 5) is 56.1. The lowest BCUT2D eigenvalue weighted by atomic mass is 9.95. The van der Waals surface area contributed by atoms with Crippen LogP contribution in [0.3, 0.4) is 0 Å². The first-order chi connectivity index (χ1) is 18.0. The molecule has 10 heteroatoms. The zero-order valence-corrected chi connectivity index (χ0v) is 21.5. The smallest absolute Gasteiger partial charge is 0.264 e. The lowest BCUT2D eigenvalue weighted by molar-refractivity contribution is -0.136. The Kier molecular flexibility index (Phi) is 8.17. The molecule has 37 heavy (non-hydrogen) atoms. The van der Waals surface area contributed by atoms with Crippen LogP contribution in [-0.4, -0.2) is 103 Å². The molecule has 5 rings (SSSR count). The summed E-state index contributed by atoms with van der Waals surface area (Å²) in [5, 5.41) is 9.01. The van der Waals surface area contributed by atoms with Crippen LogP contribution in [0, 0.1) is 5.92 Å². The third kappa shape index (κ3) is 5.86. The Bertz CT molecular complexity index is 1030. The van der Waals surface area contributed by atoms with Crippen LogP contribution in [-0.2, 0) is 9.59 Å². The van der Waals surface area contributed by atoms with Crippen molar-refractivity contribution in [2.45, 2.75) is 44.6 Å². The van der Waals surface area contributed by atoms with Crippen LogP contribution >= 0.6 is 0 Å². The van der Waals surface area contributed by atoms with E-state index in [0.717, 1.165) is 43.3 Å². The number of rotatable bonds is 9. The Morgan fingerprint density at radius 2 is 1.68 bits per heavy atom. The molecule has 3 fully saturated rings. The van der Waals surface area contributed by atoms with E-state index in [1.807, 2.05) is 0 Å². The summed E-state index contributed by atoms with van der Waals surface area (Å²) in [7, 11) is 0. The van der Waals surface area contributed by atoms with Crippen molar-refractivity contribution in [1.82, 2.24) is 25.3 Å². The normalized spacial score (nSPS) is 23.9. The first-order valence-electron chi connectivity index (χ1n) is 13.7. The van der Waals surface area contributed by atoms with E-state index in [0.29, 0.717) is 23.4 Å². The number of anilines is 1. The molecule has 4 aliphatic rings. The van der Waals surface area contributed by atoms with Crippen LogP contribution < -0.4 is 16.0 Å². The fourth-order valence-corrected chi connectivity index (χ4v) is 6.00. The predicted molar refractivity (Wildman–Crippen MR) is 139 cm³/mol. The lowest BCUT2D eigenvalue weighted by Gasteiger charge is -2.36. The van der Waals surface area contributed by atoms with Gasteiger partial charge in [-0.05, 0) is 69.8 Å². The molecular formula is C27H38N6O4. The van der Waals surface area contributed by atoms with E-state index in [4.69, 9.17) is 0 Å². The molecule has 1 atom stereocenters. The Balaban J connectivity index is 1.06. The molecule has 4 heterocycles. The second kappa shape index (κ2) is 11.7. The van der Waals surface area contributed by atoms with Gasteiger partial charge in [0.25, 0.3) is 11.8 Å². The minimum Gasteiger partial charge on any atom is -0.384 e. The largest absolute Gasteiger partial charge is 0.384 e. The van der Waals surface area contributed by atoms with Gasteiger partial charge in [-0.15, -0.1) is 0 Å². The van der Waals surface area contributed by atoms with Gasteiger partial charge in [0.15, 0.2) is 0 Å². The monoisotopic (exact) mass is 510 g/mol. The van der Waals surface area contributed by atoms with Crippen molar-refractivity contribution in [1.29, 1.82) is 0 Å². The zero-order valence-electron chi connectivity index (χ0n) is 21.5. The summed E-state index contributed by atoms with van der Waals surface area (Å²) in [5.74, 6) is -1.09. The zero-order chi connectivity index (χ0) is 25.8. The molecule has 4 amide bonds. The SMILES string of the molecule is O=C1CCC(N2C(=O)c3cccc(NCCCCN4CCC(CN5CCNCC5)CC4)c3C2=O)C(=O)N1. The van der Waals surface area contributed by atoms with E-state index in [-0.39, 0.29) is 18.7 Å². The molecule has 0 saturated carbocycles. The number of imide groups is 2. The highest BCUT2D eigenvalue weighted by atomic mass is 16.2. The minimum atomic E-state index is -0.945. The molecule has 0 bridgehead atoms. The van der Waals surface area contributed by atoms with E-state index in [1.54, 1.807) is 18.2 Å². The fourth-order valence-electron chi connectivity index (χ4n) is 6.00. The van der Waals surface area contributed by atoms with Crippen molar-refractivity contribution in [2.24, 2.45) is 5.92 Å². The number of unbranched alkanes of at least 4 members (excludes halogenated alkanes) is 1. The third-order valence-electron chi connectivity index (χ3n) is 8.12. The number of carbonyl (C=O) groups excluding carboxylic acids is 4. The van der Waals surface area contributed by atoms with Crippen molar-refractivity contribution < 1.29 is 19.2 Å². The minimum absolute atomic E-state index is 0.114. The Morgan fingerprint density at radius 1 is 0.892 bits per heavy atom. The summed E-state index contributed by atoms with van der Waals surface area (Å²) in [5.41, 5.74) is 1.26. The van der Waals surface area contributed by atoms with Gasteiger partial charge in [0.2, 0.25) is 11.8 Å². The van der Waals surface area contributed by atoms with E-state index in [9.17, 15) is 19.2 Å². The van der Waals surface area contributed by atoms with Crippen LogP contribution in [0.2, 0.25) is 0 Å². The molecule has 1 aromatic rings. The van der Waals surface area contributed by atoms with Gasteiger partial charge in [-0.1, -0.05) is 6.07 Å². The molecule has 200 valence electrons. The molecule has 1 unspecified atom stereocenters. The number of nitrogens with one attached hydrogen (secondary N) is 3. The number of carbonyl (C=O) groups is 4. The molecule has 4 aliphatic heterocycles. The van der Waals surface area contributed by atoms with Crippen molar-refractivity contribution in [3.8, 4) is 0 Å². The molecule has 3 saturated heterocycles. The summed E-state index contributed by atoms with van der Waals surface area (Å²) >= 11 is 0. The van der Waals surface area contributed by atoms with Crippen molar-refractivity contribution >= 4 is 29.3 Å². The van der Waals surface area contributed by atoms with Crippen molar-refractivity contribution in [3.63, 3.8) is 0 Å². The molecule has 3 N–H and O–H groups in total. The molecule has 0 aliphatic carbocycles. The van der Waals surface area contributed by atoms with E-state index in [2.05, 4.69) is 25.8 Å². The van der Waals surface area contributed by atoms with Gasteiger partial charge in [0.05, 0.1) is 11.1 Å². The average molecular weight is 511 g/mol. The maximum atomic E-state index is 13.2. The number of likely N-dealkylation sites (tertiary alicyclic amines) is 1. The highest BCUT2D eigenvalue weighted by molar-refractivity contribution is 6.25. The number of amides is 4. The predicted octanol–water partition coefficient (Wildman–Crippen LogP) is 0.897. The topological polar surface area (TPSA) is 114 Å². The van der Waals surface area contributed by atoms with E-state index >= 15 is 0 Å². The standard InChI is InChI=1S/C27H38N6O4/c34-23-7-6-22(25(35)30-23)33-26(36)20-4-3-5-21(24(20)27(33)37)29-10-1-2-13-31-14-8-19(9-15-31)18-32-16-11-28-12-17-32/h3-5,19,22,28-29H,1-2,6-18H2,(H,30,34,35). The summed E-state index contributed by atoms with van der Waals surface area (Å²) in [6.45, 7) is 9.93. The fraction of sp³-hybridized carbons (Fsp3) is 0.630. The second-order valence-electron chi connectivity index (χ2n) is 10.6. The highest BCUT2D eigenvalue weighted by Crippen LogP contribution is 2.32. The maximum absolute atomic E-state index is 13.2. The number of piperidine rings is 2. The van der Waals surface area contributed by atoms with Gasteiger partial charge in [0.1, 0.15) is 6.04 Å². The third-order valence-corrected chi connectivity index (χ3v) is 8.12. The summed E-state index contributed by atoms with van der Waals surface area (Å²) in [6, 6.07) is 4.24. The summed E-state index contributed by atoms with van der Waals surface area (Å²) in [6.07, 6.45) is 4.86. The number of fused-ring (bicyclic) bond motifs is 1. The van der Waals surface area contributed by atoms with Crippen LogP contribution in [0.5, 0.6) is 0 Å². The second-order valence-corrected chi connectivity index (χ2v) is 10.6. The van der Waals surface area contributed by atoms with E-state index < -0.39 is 23.8 Å². The van der Waals surface area contributed by atoms with Crippen LogP contribution in [0.4, 0.5) is 5.69 Å². The quantitative estimate of drug-likeness (QED) is 0.332. The Hall–Kier alpha value is -2.82. The maximum Gasteiger partial charge on any atom is 0.264 e. The number of benzene rings is 1. The first kappa shape index (κ1) is 25.8. The number of piperazine rings is 1. The van der Waals surface area contributed by atoms with Gasteiger partial charge >= 0.3 is 0 Å². The van der Waals surface area contributed by atoms with Gasteiger partial charge in [-0.3, -0.25) is 29.4 Å². The number of hydrogen-bond donors (Lipinski definition) is 3. The van der Waals surface area contributed by atoms with Gasteiger partial charge in [-0.25, -0.2) is 0 Å². The molecule has 10 nitrogen and oxygen atoms in total. The molecular weight excluding hydrogens is 472 g/mol. The molecule has 0 radical (unpaired) electrons. The molecule has 0 aromatic heterocycles. The lowest BCUT2D eigenvalue weighted by Crippen LogP contribution is -2.54. The molecule has 0 spiro atoms. The van der Waals surface area contributed by atoms with Crippen LogP contribution in [0.15, 0.2) is 18.2 Å². The Morgan fingerprint density at radius 3 is 2.43 bits per heavy atom. The average Bonchev–Trinajstić information content (AvgIpc) is 3.16. The van der Waals surface area contributed by atoms with Gasteiger partial charge in [-0.2, -0.15) is 0 Å². The van der Waals surface area contributed by atoms with Crippen LogP contribution in [0.25, 0.3) is 0 Å². The first-order valence-corrected chi connectivity index (χ1v) is 13.7. The van der Waals surface area contributed by atoms with Crippen molar-refractivity contribution in [2.75, 3.05) is 64.2 Å². The number of nitrogens with zero attached hydrogens (tertiary/aromatic N) is 3. The Labute approximate surface area is 218 Å². The van der Waals surface area contributed by atoms with Crippen LogP contribution in [0.1, 0.15) is 59.2 Å². The highest BCUT2D eigenvalue weighted by Gasteiger charge is 2.45.